The molecule has 0 amide bonds. The number of rotatable bonds is 2. The quantitative estimate of drug-likeness (QED) is 0.568. The highest BCUT2D eigenvalue weighted by Crippen LogP contribution is 2.20. The molecule has 0 aliphatic carbocycles. The molecule has 1 rings (SSSR count). The number of aliphatic carboxylic acids is 1. The van der Waals surface area contributed by atoms with Crippen LogP contribution in [0.4, 0.5) is 0 Å². The third-order valence-corrected chi connectivity index (χ3v) is 2.30. The average Bonchev–Trinajstić information content (AvgIpc) is 2.16. The maximum Gasteiger partial charge on any atom is 0.310 e. The molecule has 0 aromatic heterocycles. The number of carboxylic acid groups (broad SMARTS) is 1. The van der Waals surface area contributed by atoms with Crippen LogP contribution in [0.3, 0.4) is 0 Å². The van der Waals surface area contributed by atoms with E-state index in [0.717, 1.165) is 0 Å². The zero-order chi connectivity index (χ0) is 9.84. The molecular formula is C8H13NO4. The molecule has 0 aromatic rings. The van der Waals surface area contributed by atoms with E-state index in [2.05, 4.69) is 10.1 Å². The molecule has 5 nitrogen and oxygen atoms in total. The normalized spacial score (nSPS) is 28.1. The maximum atomic E-state index is 11.2. The Labute approximate surface area is 76.1 Å². The van der Waals surface area contributed by atoms with Crippen LogP contribution < -0.4 is 5.32 Å². The molecule has 1 saturated heterocycles. The Kier molecular flexibility index (Phi) is 3.25. The summed E-state index contributed by atoms with van der Waals surface area (Å²) in [4.78, 5) is 21.9. The minimum Gasteiger partial charge on any atom is -0.481 e. The minimum atomic E-state index is -0.920. The Morgan fingerprint density at radius 2 is 2.15 bits per heavy atom. The van der Waals surface area contributed by atoms with Gasteiger partial charge in [-0.15, -0.1) is 0 Å². The Balaban J connectivity index is 2.67. The van der Waals surface area contributed by atoms with E-state index < -0.39 is 23.8 Å². The summed E-state index contributed by atoms with van der Waals surface area (Å²) in [6.07, 6.45) is 0.481. The van der Waals surface area contributed by atoms with Gasteiger partial charge in [0.15, 0.2) is 0 Å². The van der Waals surface area contributed by atoms with Crippen molar-refractivity contribution < 1.29 is 19.4 Å². The standard InChI is InChI=1S/C8H13NO4/c1-13-8(12)6-4-9-3-2-5(6)7(10)11/h5-6,9H,2-4H2,1H3,(H,10,11). The molecule has 0 spiro atoms. The van der Waals surface area contributed by atoms with E-state index in [1.165, 1.54) is 7.11 Å². The fourth-order valence-corrected chi connectivity index (χ4v) is 1.55. The Morgan fingerprint density at radius 1 is 1.46 bits per heavy atom. The summed E-state index contributed by atoms with van der Waals surface area (Å²) < 4.78 is 4.53. The lowest BCUT2D eigenvalue weighted by Crippen LogP contribution is -2.44. The number of hydrogen-bond donors (Lipinski definition) is 2. The van der Waals surface area contributed by atoms with Gasteiger partial charge in [0.2, 0.25) is 0 Å². The number of ether oxygens (including phenoxy) is 1. The lowest BCUT2D eigenvalue weighted by Gasteiger charge is -2.26. The largest absolute Gasteiger partial charge is 0.481 e. The van der Waals surface area contributed by atoms with E-state index in [1.807, 2.05) is 0 Å². The zero-order valence-corrected chi connectivity index (χ0v) is 7.45. The highest BCUT2D eigenvalue weighted by molar-refractivity contribution is 5.81. The fourth-order valence-electron chi connectivity index (χ4n) is 1.55. The molecular weight excluding hydrogens is 174 g/mol. The van der Waals surface area contributed by atoms with Crippen molar-refractivity contribution in [1.29, 1.82) is 0 Å². The number of esters is 1. The first-order chi connectivity index (χ1) is 6.16. The molecule has 2 unspecified atom stereocenters. The van der Waals surface area contributed by atoms with Gasteiger partial charge in [-0.2, -0.15) is 0 Å². The first-order valence-corrected chi connectivity index (χ1v) is 4.18. The van der Waals surface area contributed by atoms with Crippen molar-refractivity contribution in [2.24, 2.45) is 11.8 Å². The molecule has 13 heavy (non-hydrogen) atoms. The molecule has 2 atom stereocenters. The van der Waals surface area contributed by atoms with Crippen LogP contribution in [0.25, 0.3) is 0 Å². The highest BCUT2D eigenvalue weighted by atomic mass is 16.5. The van der Waals surface area contributed by atoms with Gasteiger partial charge in [-0.25, -0.2) is 0 Å². The number of carboxylic acids is 1. The highest BCUT2D eigenvalue weighted by Gasteiger charge is 2.36. The van der Waals surface area contributed by atoms with E-state index in [4.69, 9.17) is 5.11 Å². The van der Waals surface area contributed by atoms with Crippen LogP contribution in [0.2, 0.25) is 0 Å². The number of methoxy groups -OCH3 is 1. The minimum absolute atomic E-state index is 0.393. The van der Waals surface area contributed by atoms with E-state index in [-0.39, 0.29) is 0 Å². The molecule has 0 saturated carbocycles. The predicted molar refractivity (Wildman–Crippen MR) is 44.1 cm³/mol. The number of nitrogens with one attached hydrogen (secondary N) is 1. The van der Waals surface area contributed by atoms with Crippen LogP contribution in [0.15, 0.2) is 0 Å². The molecule has 0 bridgehead atoms. The van der Waals surface area contributed by atoms with Crippen LogP contribution in [-0.2, 0) is 14.3 Å². The van der Waals surface area contributed by atoms with E-state index >= 15 is 0 Å². The predicted octanol–water partition coefficient (Wildman–Crippen LogP) is -0.530. The summed E-state index contributed by atoms with van der Waals surface area (Å²) >= 11 is 0. The molecule has 2 N–H and O–H groups in total. The fraction of sp³-hybridized carbons (Fsp3) is 0.750. The molecule has 0 aromatic carbocycles. The second kappa shape index (κ2) is 4.23. The van der Waals surface area contributed by atoms with Crippen LogP contribution in [0.5, 0.6) is 0 Å². The Bertz CT molecular complexity index is 216. The molecule has 74 valence electrons. The van der Waals surface area contributed by atoms with Crippen molar-refractivity contribution in [2.75, 3.05) is 20.2 Å². The van der Waals surface area contributed by atoms with Crippen molar-refractivity contribution in [1.82, 2.24) is 5.32 Å². The van der Waals surface area contributed by atoms with Crippen LogP contribution in [0, 0.1) is 11.8 Å². The van der Waals surface area contributed by atoms with Crippen LogP contribution in [-0.4, -0.2) is 37.2 Å². The van der Waals surface area contributed by atoms with Gasteiger partial charge in [-0.3, -0.25) is 9.59 Å². The van der Waals surface area contributed by atoms with E-state index in [9.17, 15) is 9.59 Å². The number of carbonyl (C=O) groups excluding carboxylic acids is 1. The summed E-state index contributed by atoms with van der Waals surface area (Å²) in [6.45, 7) is 1.04. The van der Waals surface area contributed by atoms with Gasteiger partial charge in [-0.1, -0.05) is 0 Å². The average molecular weight is 187 g/mol. The lowest BCUT2D eigenvalue weighted by atomic mass is 9.86. The van der Waals surface area contributed by atoms with Crippen molar-refractivity contribution in [3.05, 3.63) is 0 Å². The number of piperidine rings is 1. The molecule has 1 heterocycles. The molecule has 1 aliphatic rings. The Hall–Kier alpha value is -1.10. The van der Waals surface area contributed by atoms with Crippen molar-refractivity contribution >= 4 is 11.9 Å². The van der Waals surface area contributed by atoms with Crippen molar-refractivity contribution in [2.45, 2.75) is 6.42 Å². The Morgan fingerprint density at radius 3 is 2.69 bits per heavy atom. The molecule has 0 radical (unpaired) electrons. The molecule has 1 aliphatic heterocycles. The number of hydrogen-bond acceptors (Lipinski definition) is 4. The third-order valence-electron chi connectivity index (χ3n) is 2.30. The summed E-state index contributed by atoms with van der Waals surface area (Å²) in [5, 5.41) is 11.8. The summed E-state index contributed by atoms with van der Waals surface area (Å²) in [6, 6.07) is 0. The van der Waals surface area contributed by atoms with Gasteiger partial charge in [0.05, 0.1) is 18.9 Å². The number of carbonyl (C=O) groups is 2. The molecule has 1 fully saturated rings. The van der Waals surface area contributed by atoms with E-state index in [1.54, 1.807) is 0 Å². The first-order valence-electron chi connectivity index (χ1n) is 4.18. The summed E-state index contributed by atoms with van der Waals surface area (Å²) in [7, 11) is 1.27. The SMILES string of the molecule is COC(=O)C1CNCCC1C(=O)O. The van der Waals surface area contributed by atoms with Crippen LogP contribution in [0.1, 0.15) is 6.42 Å². The topological polar surface area (TPSA) is 75.6 Å². The van der Waals surface area contributed by atoms with Gasteiger partial charge in [-0.05, 0) is 13.0 Å². The van der Waals surface area contributed by atoms with Crippen molar-refractivity contribution in [3.8, 4) is 0 Å². The van der Waals surface area contributed by atoms with Gasteiger partial charge in [0.1, 0.15) is 0 Å². The summed E-state index contributed by atoms with van der Waals surface area (Å²) in [5.41, 5.74) is 0. The third kappa shape index (κ3) is 2.18. The first kappa shape index (κ1) is 9.98. The van der Waals surface area contributed by atoms with E-state index in [0.29, 0.717) is 19.5 Å². The summed E-state index contributed by atoms with van der Waals surface area (Å²) in [5.74, 6) is -2.51. The zero-order valence-electron chi connectivity index (χ0n) is 7.45. The molecule has 5 heteroatoms. The monoisotopic (exact) mass is 187 g/mol. The smallest absolute Gasteiger partial charge is 0.310 e. The van der Waals surface area contributed by atoms with Gasteiger partial charge >= 0.3 is 11.9 Å². The lowest BCUT2D eigenvalue weighted by molar-refractivity contribution is -0.156. The van der Waals surface area contributed by atoms with Crippen LogP contribution >= 0.6 is 0 Å². The maximum absolute atomic E-state index is 11.2. The second-order valence-electron chi connectivity index (χ2n) is 3.07. The second-order valence-corrected chi connectivity index (χ2v) is 3.07. The van der Waals surface area contributed by atoms with Gasteiger partial charge < -0.3 is 15.2 Å². The van der Waals surface area contributed by atoms with Gasteiger partial charge in [0.25, 0.3) is 0 Å². The van der Waals surface area contributed by atoms with Gasteiger partial charge in [0, 0.05) is 6.54 Å². The van der Waals surface area contributed by atoms with Crippen molar-refractivity contribution in [3.63, 3.8) is 0 Å².